The van der Waals surface area contributed by atoms with Crippen LogP contribution >= 0.6 is 0 Å². The summed E-state index contributed by atoms with van der Waals surface area (Å²) in [6.45, 7) is 5.69. The molecule has 4 heteroatoms. The van der Waals surface area contributed by atoms with Crippen molar-refractivity contribution in [3.05, 3.63) is 53.1 Å². The predicted octanol–water partition coefficient (Wildman–Crippen LogP) is 2.65. The van der Waals surface area contributed by atoms with E-state index in [0.717, 1.165) is 16.8 Å². The molecule has 92 valence electrons. The van der Waals surface area contributed by atoms with Gasteiger partial charge in [-0.25, -0.2) is 9.97 Å². The number of carbonyl (C=O) groups is 1. The highest BCUT2D eigenvalue weighted by Gasteiger charge is 2.10. The minimum absolute atomic E-state index is 0.210. The zero-order valence-electron chi connectivity index (χ0n) is 10.7. The van der Waals surface area contributed by atoms with Crippen LogP contribution in [0.25, 0.3) is 0 Å². The molecule has 2 rings (SSSR count). The zero-order valence-corrected chi connectivity index (χ0v) is 10.7. The second kappa shape index (κ2) is 4.96. The highest BCUT2D eigenvalue weighted by atomic mass is 16.1. The summed E-state index contributed by atoms with van der Waals surface area (Å²) in [4.78, 5) is 20.1. The van der Waals surface area contributed by atoms with Crippen LogP contribution in [0.4, 0.5) is 5.69 Å². The molecule has 1 N–H and O–H groups in total. The van der Waals surface area contributed by atoms with E-state index in [1.165, 1.54) is 0 Å². The summed E-state index contributed by atoms with van der Waals surface area (Å²) < 4.78 is 0. The molecular formula is C14H15N3O. The molecule has 0 aliphatic rings. The molecule has 0 spiro atoms. The van der Waals surface area contributed by atoms with E-state index in [9.17, 15) is 4.79 Å². The molecule has 1 amide bonds. The smallest absolute Gasteiger partial charge is 0.274 e. The number of hydrogen-bond acceptors (Lipinski definition) is 3. The number of anilines is 1. The average molecular weight is 241 g/mol. The van der Waals surface area contributed by atoms with Crippen LogP contribution in [0.15, 0.2) is 30.5 Å². The fourth-order valence-electron chi connectivity index (χ4n) is 1.77. The number of amides is 1. The quantitative estimate of drug-likeness (QED) is 0.879. The minimum Gasteiger partial charge on any atom is -0.320 e. The van der Waals surface area contributed by atoms with E-state index in [1.807, 2.05) is 32.0 Å². The highest BCUT2D eigenvalue weighted by molar-refractivity contribution is 6.03. The Hall–Kier alpha value is -2.23. The molecule has 0 radical (unpaired) electrons. The predicted molar refractivity (Wildman–Crippen MR) is 70.6 cm³/mol. The maximum Gasteiger partial charge on any atom is 0.274 e. The van der Waals surface area contributed by atoms with Crippen molar-refractivity contribution in [3.63, 3.8) is 0 Å². The van der Waals surface area contributed by atoms with E-state index >= 15 is 0 Å². The van der Waals surface area contributed by atoms with Gasteiger partial charge in [0.05, 0.1) is 0 Å². The van der Waals surface area contributed by atoms with Gasteiger partial charge in [-0.2, -0.15) is 0 Å². The molecule has 0 atom stereocenters. The van der Waals surface area contributed by atoms with Gasteiger partial charge in [0.1, 0.15) is 11.5 Å². The summed E-state index contributed by atoms with van der Waals surface area (Å²) in [5.41, 5.74) is 3.30. The monoisotopic (exact) mass is 241 g/mol. The third kappa shape index (κ3) is 2.53. The third-order valence-electron chi connectivity index (χ3n) is 2.73. The van der Waals surface area contributed by atoms with E-state index in [-0.39, 0.29) is 5.91 Å². The standard InChI is InChI=1S/C14H15N3O/c1-9-5-4-6-10(2)13(9)17-14(18)12-7-8-15-11(3)16-12/h4-8H,1-3H3,(H,17,18). The molecule has 1 heterocycles. The molecule has 4 nitrogen and oxygen atoms in total. The number of aryl methyl sites for hydroxylation is 3. The van der Waals surface area contributed by atoms with E-state index in [4.69, 9.17) is 0 Å². The molecule has 1 aromatic heterocycles. The first-order valence-corrected chi connectivity index (χ1v) is 5.75. The van der Waals surface area contributed by atoms with Crippen LogP contribution in [-0.2, 0) is 0 Å². The van der Waals surface area contributed by atoms with Crippen molar-refractivity contribution in [3.8, 4) is 0 Å². The highest BCUT2D eigenvalue weighted by Crippen LogP contribution is 2.19. The van der Waals surface area contributed by atoms with Crippen LogP contribution in [0.5, 0.6) is 0 Å². The van der Waals surface area contributed by atoms with Gasteiger partial charge in [-0.3, -0.25) is 4.79 Å². The molecule has 0 bridgehead atoms. The van der Waals surface area contributed by atoms with Crippen LogP contribution in [0, 0.1) is 20.8 Å². The normalized spacial score (nSPS) is 10.2. The topological polar surface area (TPSA) is 54.9 Å². The first kappa shape index (κ1) is 12.2. The Labute approximate surface area is 106 Å². The summed E-state index contributed by atoms with van der Waals surface area (Å²) >= 11 is 0. The van der Waals surface area contributed by atoms with Gasteiger partial charge in [0.2, 0.25) is 0 Å². The summed E-state index contributed by atoms with van der Waals surface area (Å²) in [5, 5.41) is 2.89. The average Bonchev–Trinajstić information content (AvgIpc) is 2.34. The van der Waals surface area contributed by atoms with Crippen molar-refractivity contribution in [1.29, 1.82) is 0 Å². The second-order valence-electron chi connectivity index (χ2n) is 4.21. The van der Waals surface area contributed by atoms with Gasteiger partial charge in [0, 0.05) is 11.9 Å². The Balaban J connectivity index is 2.27. The van der Waals surface area contributed by atoms with Crippen LogP contribution < -0.4 is 5.32 Å². The van der Waals surface area contributed by atoms with Crippen molar-refractivity contribution in [2.45, 2.75) is 20.8 Å². The fourth-order valence-corrected chi connectivity index (χ4v) is 1.77. The SMILES string of the molecule is Cc1nccc(C(=O)Nc2c(C)cccc2C)n1. The lowest BCUT2D eigenvalue weighted by Crippen LogP contribution is -2.16. The van der Waals surface area contributed by atoms with Gasteiger partial charge < -0.3 is 5.32 Å². The molecule has 0 fully saturated rings. The minimum atomic E-state index is -0.210. The largest absolute Gasteiger partial charge is 0.320 e. The van der Waals surface area contributed by atoms with Crippen molar-refractivity contribution in [1.82, 2.24) is 9.97 Å². The first-order valence-electron chi connectivity index (χ1n) is 5.75. The van der Waals surface area contributed by atoms with E-state index in [2.05, 4.69) is 15.3 Å². The summed E-state index contributed by atoms with van der Waals surface area (Å²) in [6.07, 6.45) is 1.59. The van der Waals surface area contributed by atoms with Crippen LogP contribution in [0.3, 0.4) is 0 Å². The summed E-state index contributed by atoms with van der Waals surface area (Å²) in [7, 11) is 0. The molecule has 18 heavy (non-hydrogen) atoms. The van der Waals surface area contributed by atoms with Crippen LogP contribution in [0.1, 0.15) is 27.4 Å². The van der Waals surface area contributed by atoms with Gasteiger partial charge in [-0.15, -0.1) is 0 Å². The zero-order chi connectivity index (χ0) is 13.1. The number of hydrogen-bond donors (Lipinski definition) is 1. The van der Waals surface area contributed by atoms with Crippen molar-refractivity contribution in [2.75, 3.05) is 5.32 Å². The Morgan fingerprint density at radius 3 is 2.39 bits per heavy atom. The van der Waals surface area contributed by atoms with Gasteiger partial charge >= 0.3 is 0 Å². The molecule has 0 aliphatic heterocycles. The molecule has 0 saturated heterocycles. The lowest BCUT2D eigenvalue weighted by atomic mass is 10.1. The second-order valence-corrected chi connectivity index (χ2v) is 4.21. The number of nitrogens with zero attached hydrogens (tertiary/aromatic N) is 2. The summed E-state index contributed by atoms with van der Waals surface area (Å²) in [6, 6.07) is 7.51. The van der Waals surface area contributed by atoms with Crippen LogP contribution in [-0.4, -0.2) is 15.9 Å². The molecule has 2 aromatic rings. The van der Waals surface area contributed by atoms with Crippen molar-refractivity contribution in [2.24, 2.45) is 0 Å². The van der Waals surface area contributed by atoms with E-state index in [0.29, 0.717) is 11.5 Å². The lowest BCUT2D eigenvalue weighted by Gasteiger charge is -2.11. The van der Waals surface area contributed by atoms with Crippen molar-refractivity contribution < 1.29 is 4.79 Å². The number of aromatic nitrogens is 2. The summed E-state index contributed by atoms with van der Waals surface area (Å²) in [5.74, 6) is 0.377. The number of carbonyl (C=O) groups excluding carboxylic acids is 1. The Bertz CT molecular complexity index is 573. The Morgan fingerprint density at radius 2 is 1.78 bits per heavy atom. The molecule has 0 unspecified atom stereocenters. The number of benzene rings is 1. The first-order chi connectivity index (χ1) is 8.58. The van der Waals surface area contributed by atoms with Gasteiger partial charge in [-0.1, -0.05) is 18.2 Å². The van der Waals surface area contributed by atoms with E-state index < -0.39 is 0 Å². The van der Waals surface area contributed by atoms with Crippen LogP contribution in [0.2, 0.25) is 0 Å². The Kier molecular flexibility index (Phi) is 3.37. The Morgan fingerprint density at radius 1 is 1.11 bits per heavy atom. The molecular weight excluding hydrogens is 226 g/mol. The number of para-hydroxylation sites is 1. The number of rotatable bonds is 2. The third-order valence-corrected chi connectivity index (χ3v) is 2.73. The molecule has 0 aliphatic carbocycles. The lowest BCUT2D eigenvalue weighted by molar-refractivity contribution is 0.102. The molecule has 0 saturated carbocycles. The maximum absolute atomic E-state index is 12.1. The van der Waals surface area contributed by atoms with Gasteiger partial charge in [0.15, 0.2) is 0 Å². The van der Waals surface area contributed by atoms with Crippen molar-refractivity contribution >= 4 is 11.6 Å². The van der Waals surface area contributed by atoms with Gasteiger partial charge in [-0.05, 0) is 38.0 Å². The maximum atomic E-state index is 12.1. The number of nitrogens with one attached hydrogen (secondary N) is 1. The molecule has 1 aromatic carbocycles. The van der Waals surface area contributed by atoms with E-state index in [1.54, 1.807) is 19.2 Å². The van der Waals surface area contributed by atoms with Gasteiger partial charge in [0.25, 0.3) is 5.91 Å². The fraction of sp³-hybridized carbons (Fsp3) is 0.214.